The number of benzene rings is 1. The van der Waals surface area contributed by atoms with Gasteiger partial charge in [-0.05, 0) is 56.1 Å². The number of piperidine rings is 1. The molecule has 0 aliphatic carbocycles. The average Bonchev–Trinajstić information content (AvgIpc) is 3.21. The van der Waals surface area contributed by atoms with Gasteiger partial charge in [-0.1, -0.05) is 30.7 Å². The standard InChI is InChI=1S/C21H23Cl2N5O2S2/c1-2-12-32(29,30)28-15-5-3-4-14(17(15)22)18-19(16-8-11-25-21(23)26-16)31-20(27-18)13-6-9-24-10-7-13/h3-5,8,11,13,24,28H,2,6-7,9-10,12H2,1H3. The monoisotopic (exact) mass is 511 g/mol. The van der Waals surface area contributed by atoms with Crippen LogP contribution in [0.4, 0.5) is 5.69 Å². The molecule has 3 heterocycles. The predicted octanol–water partition coefficient (Wildman–Crippen LogP) is 5.19. The summed E-state index contributed by atoms with van der Waals surface area (Å²) in [6.45, 7) is 3.71. The zero-order valence-electron chi connectivity index (χ0n) is 17.4. The molecule has 3 aromatic rings. The maximum absolute atomic E-state index is 12.3. The highest BCUT2D eigenvalue weighted by Crippen LogP contribution is 2.44. The molecule has 11 heteroatoms. The third-order valence-electron chi connectivity index (χ3n) is 5.18. The molecule has 1 aliphatic heterocycles. The Kier molecular flexibility index (Phi) is 7.31. The van der Waals surface area contributed by atoms with Gasteiger partial charge >= 0.3 is 0 Å². The average molecular weight is 512 g/mol. The van der Waals surface area contributed by atoms with Crippen LogP contribution >= 0.6 is 34.5 Å². The Morgan fingerprint density at radius 3 is 2.69 bits per heavy atom. The largest absolute Gasteiger partial charge is 0.317 e. The smallest absolute Gasteiger partial charge is 0.232 e. The number of rotatable bonds is 7. The number of hydrogen-bond donors (Lipinski definition) is 2. The molecule has 7 nitrogen and oxygen atoms in total. The second-order valence-corrected chi connectivity index (χ2v) is 11.1. The quantitative estimate of drug-likeness (QED) is 0.423. The van der Waals surface area contributed by atoms with Crippen molar-refractivity contribution in [3.8, 4) is 21.8 Å². The highest BCUT2D eigenvalue weighted by atomic mass is 35.5. The van der Waals surface area contributed by atoms with E-state index in [1.54, 1.807) is 35.7 Å². The third-order valence-corrected chi connectivity index (χ3v) is 8.49. The predicted molar refractivity (Wildman–Crippen MR) is 131 cm³/mol. The van der Waals surface area contributed by atoms with Gasteiger partial charge in [0.1, 0.15) is 0 Å². The lowest BCUT2D eigenvalue weighted by Gasteiger charge is -2.20. The molecule has 32 heavy (non-hydrogen) atoms. The summed E-state index contributed by atoms with van der Waals surface area (Å²) in [5.74, 6) is 0.366. The molecule has 2 aromatic heterocycles. The van der Waals surface area contributed by atoms with Crippen LogP contribution in [0.15, 0.2) is 30.5 Å². The SMILES string of the molecule is CCCS(=O)(=O)Nc1cccc(-c2nc(C3CCNCC3)sc2-c2ccnc(Cl)n2)c1Cl. The number of aromatic nitrogens is 3. The van der Waals surface area contributed by atoms with E-state index in [0.717, 1.165) is 35.8 Å². The summed E-state index contributed by atoms with van der Waals surface area (Å²) in [4.78, 5) is 14.2. The molecule has 1 saturated heterocycles. The number of halogens is 2. The van der Waals surface area contributed by atoms with Crippen molar-refractivity contribution in [1.29, 1.82) is 0 Å². The van der Waals surface area contributed by atoms with E-state index in [0.29, 0.717) is 40.0 Å². The Morgan fingerprint density at radius 1 is 1.19 bits per heavy atom. The van der Waals surface area contributed by atoms with Crippen LogP contribution in [0.5, 0.6) is 0 Å². The Bertz CT molecular complexity index is 1210. The fraction of sp³-hybridized carbons (Fsp3) is 0.381. The molecule has 0 unspecified atom stereocenters. The molecule has 1 fully saturated rings. The molecule has 1 aliphatic rings. The Hall–Kier alpha value is -1.78. The van der Waals surface area contributed by atoms with Gasteiger partial charge in [-0.25, -0.2) is 23.4 Å². The van der Waals surface area contributed by atoms with Crippen molar-refractivity contribution >= 4 is 50.2 Å². The molecule has 0 atom stereocenters. The van der Waals surface area contributed by atoms with Crippen LogP contribution in [-0.4, -0.2) is 42.2 Å². The van der Waals surface area contributed by atoms with Gasteiger partial charge in [-0.15, -0.1) is 11.3 Å². The van der Waals surface area contributed by atoms with Gasteiger partial charge in [-0.2, -0.15) is 0 Å². The summed E-state index contributed by atoms with van der Waals surface area (Å²) in [6, 6.07) is 7.05. The van der Waals surface area contributed by atoms with Crippen LogP contribution in [0.25, 0.3) is 21.8 Å². The molecule has 170 valence electrons. The lowest BCUT2D eigenvalue weighted by atomic mass is 9.99. The van der Waals surface area contributed by atoms with Crippen molar-refractivity contribution in [2.24, 2.45) is 0 Å². The second kappa shape index (κ2) is 10.0. The fourth-order valence-electron chi connectivity index (χ4n) is 3.68. The summed E-state index contributed by atoms with van der Waals surface area (Å²) < 4.78 is 27.2. The Morgan fingerprint density at radius 2 is 1.97 bits per heavy atom. The number of anilines is 1. The van der Waals surface area contributed by atoms with Crippen molar-refractivity contribution in [3.63, 3.8) is 0 Å². The summed E-state index contributed by atoms with van der Waals surface area (Å²) in [5, 5.41) is 4.84. The first-order valence-corrected chi connectivity index (χ1v) is 13.6. The number of nitrogens with zero attached hydrogens (tertiary/aromatic N) is 3. The minimum absolute atomic E-state index is 0.0226. The van der Waals surface area contributed by atoms with Crippen LogP contribution in [0.1, 0.15) is 37.1 Å². The van der Waals surface area contributed by atoms with Gasteiger partial charge in [0.25, 0.3) is 0 Å². The van der Waals surface area contributed by atoms with Crippen molar-refractivity contribution in [2.75, 3.05) is 23.6 Å². The normalized spacial score (nSPS) is 15.1. The van der Waals surface area contributed by atoms with E-state index in [2.05, 4.69) is 20.0 Å². The van der Waals surface area contributed by atoms with Crippen LogP contribution in [0, 0.1) is 0 Å². The van der Waals surface area contributed by atoms with E-state index < -0.39 is 10.0 Å². The van der Waals surface area contributed by atoms with Gasteiger partial charge in [0, 0.05) is 17.7 Å². The molecule has 0 amide bonds. The summed E-state index contributed by atoms with van der Waals surface area (Å²) in [7, 11) is -3.48. The van der Waals surface area contributed by atoms with Crippen molar-refractivity contribution < 1.29 is 8.42 Å². The van der Waals surface area contributed by atoms with E-state index in [4.69, 9.17) is 28.2 Å². The second-order valence-electron chi connectivity index (χ2n) is 7.55. The molecule has 0 radical (unpaired) electrons. The number of hydrogen-bond acceptors (Lipinski definition) is 7. The number of nitrogens with one attached hydrogen (secondary N) is 2. The molecular formula is C21H23Cl2N5O2S2. The van der Waals surface area contributed by atoms with Gasteiger partial charge in [0.05, 0.1) is 37.7 Å². The zero-order valence-corrected chi connectivity index (χ0v) is 20.6. The van der Waals surface area contributed by atoms with Gasteiger partial charge < -0.3 is 5.32 Å². The molecule has 1 aromatic carbocycles. The summed E-state index contributed by atoms with van der Waals surface area (Å²) in [6.07, 6.45) is 4.12. The van der Waals surface area contributed by atoms with Gasteiger partial charge in [-0.3, -0.25) is 4.72 Å². The van der Waals surface area contributed by atoms with E-state index in [1.165, 1.54) is 0 Å². The first-order chi connectivity index (χ1) is 15.4. The molecule has 4 rings (SSSR count). The fourth-order valence-corrected chi connectivity index (χ4v) is 6.51. The van der Waals surface area contributed by atoms with Crippen LogP contribution < -0.4 is 10.0 Å². The number of thiazole rings is 1. The van der Waals surface area contributed by atoms with Crippen molar-refractivity contribution in [1.82, 2.24) is 20.3 Å². The lowest BCUT2D eigenvalue weighted by Crippen LogP contribution is -2.26. The van der Waals surface area contributed by atoms with Gasteiger partial charge in [0.2, 0.25) is 15.3 Å². The molecule has 0 bridgehead atoms. The van der Waals surface area contributed by atoms with Gasteiger partial charge in [0.15, 0.2) is 0 Å². The lowest BCUT2D eigenvalue weighted by molar-refractivity contribution is 0.459. The van der Waals surface area contributed by atoms with Crippen LogP contribution in [0.2, 0.25) is 10.3 Å². The van der Waals surface area contributed by atoms with Crippen molar-refractivity contribution in [3.05, 3.63) is 45.8 Å². The Balaban J connectivity index is 1.82. The first-order valence-electron chi connectivity index (χ1n) is 10.4. The topological polar surface area (TPSA) is 96.9 Å². The molecular weight excluding hydrogens is 489 g/mol. The highest BCUT2D eigenvalue weighted by Gasteiger charge is 2.25. The molecule has 0 saturated carbocycles. The number of sulfonamides is 1. The van der Waals surface area contributed by atoms with Crippen LogP contribution in [-0.2, 0) is 10.0 Å². The van der Waals surface area contributed by atoms with E-state index in [1.807, 2.05) is 13.0 Å². The van der Waals surface area contributed by atoms with Crippen LogP contribution in [0.3, 0.4) is 0 Å². The minimum atomic E-state index is -3.48. The summed E-state index contributed by atoms with van der Waals surface area (Å²) in [5.41, 5.74) is 2.30. The molecule has 0 spiro atoms. The summed E-state index contributed by atoms with van der Waals surface area (Å²) >= 11 is 14.3. The maximum atomic E-state index is 12.3. The zero-order chi connectivity index (χ0) is 22.7. The van der Waals surface area contributed by atoms with E-state index in [-0.39, 0.29) is 11.0 Å². The first kappa shape index (κ1) is 23.4. The van der Waals surface area contributed by atoms with Crippen molar-refractivity contribution in [2.45, 2.75) is 32.1 Å². The highest BCUT2D eigenvalue weighted by molar-refractivity contribution is 7.92. The Labute approximate surface area is 201 Å². The third kappa shape index (κ3) is 5.23. The van der Waals surface area contributed by atoms with E-state index in [9.17, 15) is 8.42 Å². The molecule has 2 N–H and O–H groups in total. The maximum Gasteiger partial charge on any atom is 0.232 e. The minimum Gasteiger partial charge on any atom is -0.317 e. The van der Waals surface area contributed by atoms with E-state index >= 15 is 0 Å².